The highest BCUT2D eigenvalue weighted by molar-refractivity contribution is 5.94. The molecule has 2 heterocycles. The Bertz CT molecular complexity index is 776. The molecule has 0 unspecified atom stereocenters. The number of alkyl halides is 3. The summed E-state index contributed by atoms with van der Waals surface area (Å²) in [6.45, 7) is 2.70. The van der Waals surface area contributed by atoms with E-state index in [1.165, 1.54) is 0 Å². The number of halogens is 3. The third kappa shape index (κ3) is 3.84. The van der Waals surface area contributed by atoms with Gasteiger partial charge in [0, 0.05) is 6.20 Å². The number of ether oxygens (including phenoxy) is 2. The van der Waals surface area contributed by atoms with Crippen LogP contribution < -0.4 is 14.8 Å². The SMILES string of the molecule is C[C@H](NC(=O)c1ccc(C(F)(F)F)nc1)c1ccc2c(c1)OCCO2. The number of carbonyl (C=O) groups excluding carboxylic acids is 1. The molecule has 1 aromatic heterocycles. The summed E-state index contributed by atoms with van der Waals surface area (Å²) in [4.78, 5) is 15.5. The molecule has 1 amide bonds. The number of hydrogen-bond acceptors (Lipinski definition) is 4. The first-order chi connectivity index (χ1) is 11.8. The maximum atomic E-state index is 12.5. The van der Waals surface area contributed by atoms with Crippen molar-refractivity contribution in [2.24, 2.45) is 0 Å². The number of nitrogens with zero attached hydrogens (tertiary/aromatic N) is 1. The van der Waals surface area contributed by atoms with Crippen LogP contribution in [0.25, 0.3) is 0 Å². The molecule has 1 atom stereocenters. The molecule has 1 aliphatic heterocycles. The summed E-state index contributed by atoms with van der Waals surface area (Å²) in [7, 11) is 0. The van der Waals surface area contributed by atoms with E-state index in [9.17, 15) is 18.0 Å². The molecule has 0 saturated heterocycles. The highest BCUT2D eigenvalue weighted by atomic mass is 19.4. The second-order valence-electron chi connectivity index (χ2n) is 5.53. The summed E-state index contributed by atoms with van der Waals surface area (Å²) >= 11 is 0. The first kappa shape index (κ1) is 17.1. The Morgan fingerprint density at radius 3 is 2.52 bits per heavy atom. The molecular formula is C17H15F3N2O3. The number of nitrogens with one attached hydrogen (secondary N) is 1. The van der Waals surface area contributed by atoms with Gasteiger partial charge in [0.1, 0.15) is 18.9 Å². The molecule has 0 saturated carbocycles. The maximum absolute atomic E-state index is 12.5. The largest absolute Gasteiger partial charge is 0.486 e. The first-order valence-corrected chi connectivity index (χ1v) is 7.58. The number of hydrogen-bond donors (Lipinski definition) is 1. The zero-order valence-corrected chi connectivity index (χ0v) is 13.3. The lowest BCUT2D eigenvalue weighted by molar-refractivity contribution is -0.141. The van der Waals surface area contributed by atoms with E-state index in [1.807, 2.05) is 0 Å². The monoisotopic (exact) mass is 352 g/mol. The zero-order chi connectivity index (χ0) is 18.0. The van der Waals surface area contributed by atoms with Gasteiger partial charge >= 0.3 is 6.18 Å². The van der Waals surface area contributed by atoms with Crippen molar-refractivity contribution in [1.82, 2.24) is 10.3 Å². The van der Waals surface area contributed by atoms with Crippen LogP contribution in [-0.2, 0) is 6.18 Å². The Kier molecular flexibility index (Phi) is 4.52. The summed E-state index contributed by atoms with van der Waals surface area (Å²) in [5, 5.41) is 2.72. The normalized spacial score (nSPS) is 14.7. The van der Waals surface area contributed by atoms with E-state index in [0.717, 1.165) is 23.9 Å². The number of carbonyl (C=O) groups is 1. The Hall–Kier alpha value is -2.77. The quantitative estimate of drug-likeness (QED) is 0.920. The number of aromatic nitrogens is 1. The Labute approximate surface area is 141 Å². The molecule has 0 radical (unpaired) electrons. The second-order valence-corrected chi connectivity index (χ2v) is 5.53. The van der Waals surface area contributed by atoms with Crippen LogP contribution in [0.4, 0.5) is 13.2 Å². The fourth-order valence-corrected chi connectivity index (χ4v) is 2.39. The van der Waals surface area contributed by atoms with Crippen LogP contribution in [0.1, 0.15) is 34.6 Å². The summed E-state index contributed by atoms with van der Waals surface area (Å²) in [5.74, 6) is 0.727. The van der Waals surface area contributed by atoms with Crippen LogP contribution >= 0.6 is 0 Å². The van der Waals surface area contributed by atoms with E-state index in [-0.39, 0.29) is 11.6 Å². The van der Waals surface area contributed by atoms with Crippen LogP contribution in [-0.4, -0.2) is 24.1 Å². The van der Waals surface area contributed by atoms with E-state index >= 15 is 0 Å². The van der Waals surface area contributed by atoms with Crippen molar-refractivity contribution >= 4 is 5.91 Å². The highest BCUT2D eigenvalue weighted by Gasteiger charge is 2.32. The predicted molar refractivity (Wildman–Crippen MR) is 82.6 cm³/mol. The second kappa shape index (κ2) is 6.62. The predicted octanol–water partition coefficient (Wildman–Crippen LogP) is 3.36. The minimum Gasteiger partial charge on any atom is -0.486 e. The van der Waals surface area contributed by atoms with E-state index in [2.05, 4.69) is 10.3 Å². The third-order valence-corrected chi connectivity index (χ3v) is 3.73. The molecular weight excluding hydrogens is 337 g/mol. The van der Waals surface area contributed by atoms with E-state index in [0.29, 0.717) is 24.7 Å². The van der Waals surface area contributed by atoms with Crippen LogP contribution in [0.5, 0.6) is 11.5 Å². The Balaban J connectivity index is 1.70. The molecule has 0 spiro atoms. The molecule has 5 nitrogen and oxygen atoms in total. The van der Waals surface area contributed by atoms with Crippen molar-refractivity contribution in [3.05, 3.63) is 53.3 Å². The van der Waals surface area contributed by atoms with Gasteiger partial charge in [-0.05, 0) is 36.8 Å². The molecule has 0 aliphatic carbocycles. The van der Waals surface area contributed by atoms with Crippen molar-refractivity contribution in [3.8, 4) is 11.5 Å². The fourth-order valence-electron chi connectivity index (χ4n) is 2.39. The lowest BCUT2D eigenvalue weighted by Crippen LogP contribution is -2.27. The van der Waals surface area contributed by atoms with Gasteiger partial charge in [-0.2, -0.15) is 13.2 Å². The molecule has 1 N–H and O–H groups in total. The maximum Gasteiger partial charge on any atom is 0.433 e. The van der Waals surface area contributed by atoms with Crippen LogP contribution in [0.2, 0.25) is 0 Å². The summed E-state index contributed by atoms with van der Waals surface area (Å²) in [6, 6.07) is 6.83. The Morgan fingerprint density at radius 1 is 1.16 bits per heavy atom. The fraction of sp³-hybridized carbons (Fsp3) is 0.294. The molecule has 3 rings (SSSR count). The van der Waals surface area contributed by atoms with Crippen LogP contribution in [0, 0.1) is 0 Å². The molecule has 2 aromatic rings. The van der Waals surface area contributed by atoms with Gasteiger partial charge in [0.2, 0.25) is 0 Å². The van der Waals surface area contributed by atoms with Gasteiger partial charge in [-0.3, -0.25) is 9.78 Å². The molecule has 132 valence electrons. The molecule has 1 aromatic carbocycles. The van der Waals surface area contributed by atoms with Crippen molar-refractivity contribution in [3.63, 3.8) is 0 Å². The third-order valence-electron chi connectivity index (χ3n) is 3.73. The number of pyridine rings is 1. The topological polar surface area (TPSA) is 60.5 Å². The number of benzene rings is 1. The molecule has 1 aliphatic rings. The summed E-state index contributed by atoms with van der Waals surface area (Å²) < 4.78 is 48.4. The minimum absolute atomic E-state index is 0.0531. The minimum atomic E-state index is -4.53. The molecule has 25 heavy (non-hydrogen) atoms. The Morgan fingerprint density at radius 2 is 1.88 bits per heavy atom. The standard InChI is InChI=1S/C17H15F3N2O3/c1-10(11-2-4-13-14(8-11)25-7-6-24-13)22-16(23)12-3-5-15(21-9-12)17(18,19)20/h2-5,8-10H,6-7H2,1H3,(H,22,23)/t10-/m0/s1. The van der Waals surface area contributed by atoms with Gasteiger partial charge in [0.25, 0.3) is 5.91 Å². The summed E-state index contributed by atoms with van der Waals surface area (Å²) in [5.41, 5.74) is -0.196. The van der Waals surface area contributed by atoms with E-state index < -0.39 is 17.8 Å². The summed E-state index contributed by atoms with van der Waals surface area (Å²) in [6.07, 6.45) is -3.62. The zero-order valence-electron chi connectivity index (χ0n) is 13.3. The first-order valence-electron chi connectivity index (χ1n) is 7.58. The molecule has 0 fully saturated rings. The highest BCUT2D eigenvalue weighted by Crippen LogP contribution is 2.32. The van der Waals surface area contributed by atoms with E-state index in [4.69, 9.17) is 9.47 Å². The van der Waals surface area contributed by atoms with Crippen LogP contribution in [0.15, 0.2) is 36.5 Å². The van der Waals surface area contributed by atoms with Gasteiger partial charge in [-0.25, -0.2) is 0 Å². The molecule has 0 bridgehead atoms. The van der Waals surface area contributed by atoms with Gasteiger partial charge in [0.15, 0.2) is 11.5 Å². The van der Waals surface area contributed by atoms with Gasteiger partial charge in [0.05, 0.1) is 11.6 Å². The lowest BCUT2D eigenvalue weighted by atomic mass is 10.1. The average Bonchev–Trinajstić information content (AvgIpc) is 2.60. The molecule has 8 heteroatoms. The lowest BCUT2D eigenvalue weighted by Gasteiger charge is -2.21. The van der Waals surface area contributed by atoms with Gasteiger partial charge < -0.3 is 14.8 Å². The van der Waals surface area contributed by atoms with Crippen molar-refractivity contribution < 1.29 is 27.4 Å². The van der Waals surface area contributed by atoms with Crippen molar-refractivity contribution in [2.75, 3.05) is 13.2 Å². The van der Waals surface area contributed by atoms with Crippen molar-refractivity contribution in [2.45, 2.75) is 19.1 Å². The van der Waals surface area contributed by atoms with Crippen LogP contribution in [0.3, 0.4) is 0 Å². The van der Waals surface area contributed by atoms with Gasteiger partial charge in [-0.15, -0.1) is 0 Å². The van der Waals surface area contributed by atoms with Gasteiger partial charge in [-0.1, -0.05) is 6.07 Å². The number of fused-ring (bicyclic) bond motifs is 1. The average molecular weight is 352 g/mol. The van der Waals surface area contributed by atoms with E-state index in [1.54, 1.807) is 25.1 Å². The van der Waals surface area contributed by atoms with Crippen molar-refractivity contribution in [1.29, 1.82) is 0 Å². The number of amides is 1. The number of rotatable bonds is 3. The smallest absolute Gasteiger partial charge is 0.433 e.